The fourth-order valence-corrected chi connectivity index (χ4v) is 3.03. The second kappa shape index (κ2) is 7.65. The van der Waals surface area contributed by atoms with Crippen molar-refractivity contribution in [2.24, 2.45) is 4.99 Å². The molecule has 1 aromatic carbocycles. The molecule has 0 saturated heterocycles. The van der Waals surface area contributed by atoms with Gasteiger partial charge in [-0.05, 0) is 42.0 Å². The fraction of sp³-hybridized carbons (Fsp3) is 0.318. The van der Waals surface area contributed by atoms with Gasteiger partial charge in [0.25, 0.3) is 0 Å². The third-order valence-electron chi connectivity index (χ3n) is 4.50. The number of pyridine rings is 1. The van der Waals surface area contributed by atoms with Gasteiger partial charge >= 0.3 is 0 Å². The second-order valence-electron chi connectivity index (χ2n) is 7.14. The van der Waals surface area contributed by atoms with Gasteiger partial charge in [-0.15, -0.1) is 0 Å². The Morgan fingerprint density at radius 1 is 0.962 bits per heavy atom. The third kappa shape index (κ3) is 3.74. The summed E-state index contributed by atoms with van der Waals surface area (Å²) >= 11 is 0. The van der Waals surface area contributed by atoms with Gasteiger partial charge in [-0.1, -0.05) is 52.0 Å². The van der Waals surface area contributed by atoms with Crippen LogP contribution in [-0.4, -0.2) is 20.2 Å². The van der Waals surface area contributed by atoms with Gasteiger partial charge in [0.05, 0.1) is 17.1 Å². The van der Waals surface area contributed by atoms with Gasteiger partial charge in [0.1, 0.15) is 12.1 Å². The molecule has 3 aromatic rings. The van der Waals surface area contributed by atoms with Crippen LogP contribution in [0, 0.1) is 0 Å². The molecule has 0 amide bonds. The summed E-state index contributed by atoms with van der Waals surface area (Å²) in [5, 5.41) is 0. The molecule has 0 fully saturated rings. The van der Waals surface area contributed by atoms with Gasteiger partial charge in [-0.25, -0.2) is 9.97 Å². The molecule has 0 aliphatic heterocycles. The molecule has 134 valence electrons. The zero-order valence-electron chi connectivity index (χ0n) is 16.1. The maximum absolute atomic E-state index is 5.02. The highest BCUT2D eigenvalue weighted by atomic mass is 15.1. The Balaban J connectivity index is 2.07. The Morgan fingerprint density at radius 2 is 1.62 bits per heavy atom. The van der Waals surface area contributed by atoms with Gasteiger partial charge in [0.2, 0.25) is 0 Å². The zero-order chi connectivity index (χ0) is 18.7. The summed E-state index contributed by atoms with van der Waals surface area (Å²) in [6.45, 7) is 10.9. The van der Waals surface area contributed by atoms with Crippen molar-refractivity contribution in [1.29, 1.82) is 0 Å². The van der Waals surface area contributed by atoms with Crippen LogP contribution in [0.4, 0.5) is 5.69 Å². The van der Waals surface area contributed by atoms with Crippen LogP contribution in [0.15, 0.2) is 60.1 Å². The van der Waals surface area contributed by atoms with E-state index in [1.807, 2.05) is 35.9 Å². The highest BCUT2D eigenvalue weighted by molar-refractivity contribution is 5.99. The molecule has 0 radical (unpaired) electrons. The van der Waals surface area contributed by atoms with Crippen LogP contribution in [0.1, 0.15) is 63.3 Å². The van der Waals surface area contributed by atoms with Crippen LogP contribution in [0.5, 0.6) is 0 Å². The maximum atomic E-state index is 5.02. The molecule has 2 aromatic heterocycles. The highest BCUT2D eigenvalue weighted by Gasteiger charge is 2.14. The number of aromatic nitrogens is 3. The first kappa shape index (κ1) is 18.1. The summed E-state index contributed by atoms with van der Waals surface area (Å²) in [6, 6.07) is 12.5. The number of benzene rings is 1. The molecular weight excluding hydrogens is 320 g/mol. The van der Waals surface area contributed by atoms with E-state index >= 15 is 0 Å². The minimum Gasteiger partial charge on any atom is -0.291 e. The van der Waals surface area contributed by atoms with E-state index in [1.165, 1.54) is 11.1 Å². The van der Waals surface area contributed by atoms with Crippen molar-refractivity contribution in [3.8, 4) is 5.82 Å². The monoisotopic (exact) mass is 346 g/mol. The van der Waals surface area contributed by atoms with Crippen LogP contribution >= 0.6 is 0 Å². The summed E-state index contributed by atoms with van der Waals surface area (Å²) < 4.78 is 1.90. The van der Waals surface area contributed by atoms with Gasteiger partial charge in [-0.2, -0.15) is 0 Å². The molecule has 0 unspecified atom stereocenters. The molecule has 3 rings (SSSR count). The van der Waals surface area contributed by atoms with E-state index in [4.69, 9.17) is 9.98 Å². The molecule has 2 heterocycles. The Labute approximate surface area is 155 Å². The van der Waals surface area contributed by atoms with Crippen molar-refractivity contribution < 1.29 is 0 Å². The standard InChI is InChI=1S/C22H26N4/c1-15(2)18-8-6-9-19(16(3)4)22(18)24-17(5)20-10-7-11-21(25-20)26-13-12-23-14-26/h6-16H,1-5H3. The minimum atomic E-state index is 0.422. The predicted molar refractivity (Wildman–Crippen MR) is 108 cm³/mol. The van der Waals surface area contributed by atoms with E-state index in [9.17, 15) is 0 Å². The molecule has 0 saturated carbocycles. The molecule has 26 heavy (non-hydrogen) atoms. The zero-order valence-corrected chi connectivity index (χ0v) is 16.1. The number of para-hydroxylation sites is 1. The van der Waals surface area contributed by atoms with E-state index in [2.05, 4.69) is 50.9 Å². The van der Waals surface area contributed by atoms with Gasteiger partial charge < -0.3 is 0 Å². The van der Waals surface area contributed by atoms with Crippen LogP contribution in [0.3, 0.4) is 0 Å². The molecule has 0 bridgehead atoms. The van der Waals surface area contributed by atoms with Crippen molar-refractivity contribution in [2.75, 3.05) is 0 Å². The summed E-state index contributed by atoms with van der Waals surface area (Å²) in [7, 11) is 0. The minimum absolute atomic E-state index is 0.422. The first-order valence-electron chi connectivity index (χ1n) is 9.11. The molecule has 0 aliphatic rings. The molecular formula is C22H26N4. The first-order valence-corrected chi connectivity index (χ1v) is 9.11. The SMILES string of the molecule is CC(=Nc1c(C(C)C)cccc1C(C)C)c1cccc(-n2ccnc2)n1. The molecule has 0 N–H and O–H groups in total. The van der Waals surface area contributed by atoms with Crippen LogP contribution in [0.25, 0.3) is 5.82 Å². The van der Waals surface area contributed by atoms with Crippen LogP contribution in [-0.2, 0) is 0 Å². The lowest BCUT2D eigenvalue weighted by Gasteiger charge is -2.17. The van der Waals surface area contributed by atoms with Crippen LogP contribution < -0.4 is 0 Å². The topological polar surface area (TPSA) is 43.1 Å². The smallest absolute Gasteiger partial charge is 0.138 e. The Hall–Kier alpha value is -2.75. The molecule has 0 aliphatic carbocycles. The molecule has 0 spiro atoms. The van der Waals surface area contributed by atoms with E-state index in [0.717, 1.165) is 22.9 Å². The van der Waals surface area contributed by atoms with Crippen molar-refractivity contribution in [3.05, 3.63) is 71.9 Å². The highest BCUT2D eigenvalue weighted by Crippen LogP contribution is 2.35. The normalized spacial score (nSPS) is 12.2. The molecule has 4 heteroatoms. The van der Waals surface area contributed by atoms with Crippen molar-refractivity contribution in [3.63, 3.8) is 0 Å². The number of hydrogen-bond donors (Lipinski definition) is 0. The predicted octanol–water partition coefficient (Wildman–Crippen LogP) is 5.65. The summed E-state index contributed by atoms with van der Waals surface area (Å²) in [6.07, 6.45) is 5.40. The van der Waals surface area contributed by atoms with E-state index in [-0.39, 0.29) is 0 Å². The summed E-state index contributed by atoms with van der Waals surface area (Å²) in [5.41, 5.74) is 5.44. The fourth-order valence-electron chi connectivity index (χ4n) is 3.03. The Morgan fingerprint density at radius 3 is 2.19 bits per heavy atom. The Bertz CT molecular complexity index is 879. The average Bonchev–Trinajstić information content (AvgIpc) is 3.16. The number of rotatable bonds is 5. The van der Waals surface area contributed by atoms with Gasteiger partial charge in [-0.3, -0.25) is 9.56 Å². The number of aliphatic imine (C=N–C) groups is 1. The van der Waals surface area contributed by atoms with E-state index in [0.29, 0.717) is 11.8 Å². The third-order valence-corrected chi connectivity index (χ3v) is 4.50. The largest absolute Gasteiger partial charge is 0.291 e. The van der Waals surface area contributed by atoms with Crippen molar-refractivity contribution >= 4 is 11.4 Å². The Kier molecular flexibility index (Phi) is 5.31. The number of imidazole rings is 1. The van der Waals surface area contributed by atoms with Gasteiger partial charge in [0.15, 0.2) is 0 Å². The van der Waals surface area contributed by atoms with Crippen molar-refractivity contribution in [1.82, 2.24) is 14.5 Å². The summed E-state index contributed by atoms with van der Waals surface area (Å²) in [5.74, 6) is 1.69. The number of nitrogens with zero attached hydrogens (tertiary/aromatic N) is 4. The van der Waals surface area contributed by atoms with Gasteiger partial charge in [0, 0.05) is 12.4 Å². The lowest BCUT2D eigenvalue weighted by molar-refractivity contribution is 0.834. The molecule has 4 nitrogen and oxygen atoms in total. The maximum Gasteiger partial charge on any atom is 0.138 e. The second-order valence-corrected chi connectivity index (χ2v) is 7.14. The van der Waals surface area contributed by atoms with E-state index < -0.39 is 0 Å². The lowest BCUT2D eigenvalue weighted by atomic mass is 9.93. The first-order chi connectivity index (χ1) is 12.5. The summed E-state index contributed by atoms with van der Waals surface area (Å²) in [4.78, 5) is 13.9. The number of hydrogen-bond acceptors (Lipinski definition) is 3. The van der Waals surface area contributed by atoms with Crippen molar-refractivity contribution in [2.45, 2.75) is 46.5 Å². The quantitative estimate of drug-likeness (QED) is 0.560. The van der Waals surface area contributed by atoms with Crippen LogP contribution in [0.2, 0.25) is 0 Å². The average molecular weight is 346 g/mol. The van der Waals surface area contributed by atoms with E-state index in [1.54, 1.807) is 12.5 Å². The lowest BCUT2D eigenvalue weighted by Crippen LogP contribution is -2.04. The molecule has 0 atom stereocenters.